The van der Waals surface area contributed by atoms with Gasteiger partial charge in [-0.3, -0.25) is 14.6 Å². The van der Waals surface area contributed by atoms with Crippen LogP contribution in [0.4, 0.5) is 0 Å². The van der Waals surface area contributed by atoms with E-state index in [0.717, 1.165) is 39.9 Å². The molecule has 1 fully saturated rings. The molecule has 1 aliphatic carbocycles. The summed E-state index contributed by atoms with van der Waals surface area (Å²) in [7, 11) is 3.18. The molecule has 5 rings (SSSR count). The summed E-state index contributed by atoms with van der Waals surface area (Å²) >= 11 is 1.68. The number of rotatable bonds is 3. The van der Waals surface area contributed by atoms with Crippen molar-refractivity contribution in [2.75, 3.05) is 27.3 Å². The van der Waals surface area contributed by atoms with Crippen molar-refractivity contribution in [1.29, 1.82) is 0 Å². The van der Waals surface area contributed by atoms with Gasteiger partial charge in [-0.25, -0.2) is 4.98 Å². The Morgan fingerprint density at radius 3 is 2.40 bits per heavy atom. The van der Waals surface area contributed by atoms with E-state index in [0.29, 0.717) is 42.3 Å². The van der Waals surface area contributed by atoms with E-state index in [2.05, 4.69) is 25.8 Å². The van der Waals surface area contributed by atoms with Gasteiger partial charge in [0.25, 0.3) is 5.91 Å². The molecule has 0 bridgehead atoms. The molecule has 7 nitrogen and oxygen atoms in total. The Labute approximate surface area is 209 Å². The molecule has 0 atom stereocenters. The van der Waals surface area contributed by atoms with Crippen molar-refractivity contribution in [1.82, 2.24) is 14.9 Å². The lowest BCUT2D eigenvalue weighted by molar-refractivity contribution is 0.0522. The molecule has 0 radical (unpaired) electrons. The van der Waals surface area contributed by atoms with Crippen molar-refractivity contribution in [3.05, 3.63) is 45.7 Å². The number of ether oxygens (including phenoxy) is 2. The number of amides is 1. The van der Waals surface area contributed by atoms with Crippen LogP contribution in [0.2, 0.25) is 0 Å². The molecular weight excluding hydrogens is 462 g/mol. The van der Waals surface area contributed by atoms with Gasteiger partial charge in [0.1, 0.15) is 17.2 Å². The summed E-state index contributed by atoms with van der Waals surface area (Å²) < 4.78 is 11.0. The number of hydrogen-bond acceptors (Lipinski definition) is 7. The van der Waals surface area contributed by atoms with E-state index in [-0.39, 0.29) is 22.5 Å². The third-order valence-electron chi connectivity index (χ3n) is 7.28. The average Bonchev–Trinajstić information content (AvgIpc) is 3.28. The second-order valence-corrected chi connectivity index (χ2v) is 11.8. The zero-order valence-corrected chi connectivity index (χ0v) is 21.8. The predicted molar refractivity (Wildman–Crippen MR) is 136 cm³/mol. The molecular formula is C27H31N3O4S. The highest BCUT2D eigenvalue weighted by atomic mass is 32.1. The molecule has 1 saturated heterocycles. The SMILES string of the molecule is COc1cc(C(=O)N2CCC3(CC2)CC(=O)c2nc(C(C)(C)C)sc2C3)cc2c(OC)cncc12. The van der Waals surface area contributed by atoms with Crippen LogP contribution in [0.5, 0.6) is 11.5 Å². The molecule has 8 heteroatoms. The number of carbonyl (C=O) groups is 2. The van der Waals surface area contributed by atoms with Crippen LogP contribution in [0.1, 0.15) is 70.8 Å². The van der Waals surface area contributed by atoms with Crippen molar-refractivity contribution in [3.63, 3.8) is 0 Å². The number of benzene rings is 1. The van der Waals surface area contributed by atoms with Crippen molar-refractivity contribution in [2.45, 2.75) is 51.9 Å². The second kappa shape index (κ2) is 8.59. The van der Waals surface area contributed by atoms with Crippen molar-refractivity contribution < 1.29 is 19.1 Å². The van der Waals surface area contributed by atoms with E-state index in [9.17, 15) is 9.59 Å². The standard InChI is InChI=1S/C27H31N3O4S/c1-26(2,3)25-29-23-19(31)12-27(13-22(23)35-25)6-8-30(9-7-27)24(32)16-10-17-18(20(11-16)33-4)14-28-15-21(17)34-5/h10-11,14-15H,6-9,12-13H2,1-5H3. The van der Waals surface area contributed by atoms with E-state index in [1.807, 2.05) is 11.0 Å². The molecule has 1 aromatic carbocycles. The first-order valence-electron chi connectivity index (χ1n) is 12.0. The summed E-state index contributed by atoms with van der Waals surface area (Å²) in [6.07, 6.45) is 6.37. The van der Waals surface area contributed by atoms with Crippen LogP contribution < -0.4 is 9.47 Å². The fourth-order valence-electron chi connectivity index (χ4n) is 5.23. The largest absolute Gasteiger partial charge is 0.496 e. The lowest BCUT2D eigenvalue weighted by Crippen LogP contribution is -2.46. The Hall–Kier alpha value is -3.00. The molecule has 2 aliphatic rings. The molecule has 1 aliphatic heterocycles. The highest BCUT2D eigenvalue weighted by molar-refractivity contribution is 7.12. The van der Waals surface area contributed by atoms with Gasteiger partial charge in [0.2, 0.25) is 0 Å². The molecule has 0 N–H and O–H groups in total. The molecule has 1 amide bonds. The Morgan fingerprint density at radius 1 is 1.03 bits per heavy atom. The third kappa shape index (κ3) is 4.18. The topological polar surface area (TPSA) is 81.6 Å². The minimum Gasteiger partial charge on any atom is -0.496 e. The van der Waals surface area contributed by atoms with Crippen LogP contribution in [-0.4, -0.2) is 53.9 Å². The van der Waals surface area contributed by atoms with Crippen molar-refractivity contribution in [2.24, 2.45) is 5.41 Å². The minimum absolute atomic E-state index is 0.0328. The van der Waals surface area contributed by atoms with Gasteiger partial charge in [0.15, 0.2) is 5.78 Å². The first-order valence-corrected chi connectivity index (χ1v) is 12.8. The van der Waals surface area contributed by atoms with Crippen LogP contribution in [0.25, 0.3) is 10.8 Å². The number of thiazole rings is 1. The van der Waals surface area contributed by atoms with Crippen LogP contribution in [0, 0.1) is 5.41 Å². The van der Waals surface area contributed by atoms with Gasteiger partial charge >= 0.3 is 0 Å². The number of fused-ring (bicyclic) bond motifs is 2. The van der Waals surface area contributed by atoms with E-state index >= 15 is 0 Å². The zero-order valence-electron chi connectivity index (χ0n) is 20.9. The number of likely N-dealkylation sites (tertiary alicyclic amines) is 1. The third-order valence-corrected chi connectivity index (χ3v) is 8.76. The van der Waals surface area contributed by atoms with Crippen LogP contribution in [0.15, 0.2) is 24.5 Å². The molecule has 35 heavy (non-hydrogen) atoms. The van der Waals surface area contributed by atoms with E-state index in [1.165, 1.54) is 0 Å². The Morgan fingerprint density at radius 2 is 1.74 bits per heavy atom. The van der Waals surface area contributed by atoms with Crippen molar-refractivity contribution >= 4 is 33.8 Å². The number of carbonyl (C=O) groups excluding carboxylic acids is 2. The number of nitrogens with zero attached hydrogens (tertiary/aromatic N) is 3. The molecule has 0 unspecified atom stereocenters. The summed E-state index contributed by atoms with van der Waals surface area (Å²) in [4.78, 5) is 38.4. The van der Waals surface area contributed by atoms with Gasteiger partial charge < -0.3 is 14.4 Å². The monoisotopic (exact) mass is 493 g/mol. The number of aromatic nitrogens is 2. The quantitative estimate of drug-likeness (QED) is 0.507. The second-order valence-electron chi connectivity index (χ2n) is 10.7. The fraction of sp³-hybridized carbons (Fsp3) is 0.481. The number of piperidine rings is 1. The molecule has 3 heterocycles. The maximum atomic E-state index is 13.5. The molecule has 1 spiro atoms. The summed E-state index contributed by atoms with van der Waals surface area (Å²) in [6.45, 7) is 7.65. The van der Waals surface area contributed by atoms with E-state index in [4.69, 9.17) is 14.5 Å². The molecule has 0 saturated carbocycles. The Bertz CT molecular complexity index is 1320. The minimum atomic E-state index is -0.0848. The molecule has 3 aromatic rings. The number of pyridine rings is 1. The zero-order chi connectivity index (χ0) is 25.0. The average molecular weight is 494 g/mol. The lowest BCUT2D eigenvalue weighted by atomic mass is 9.68. The Kier molecular flexibility index (Phi) is 5.82. The lowest BCUT2D eigenvalue weighted by Gasteiger charge is -2.43. The summed E-state index contributed by atoms with van der Waals surface area (Å²) in [5.41, 5.74) is 1.09. The number of hydrogen-bond donors (Lipinski definition) is 0. The highest BCUT2D eigenvalue weighted by Crippen LogP contribution is 2.46. The maximum Gasteiger partial charge on any atom is 0.254 e. The normalized spacial score (nSPS) is 17.5. The van der Waals surface area contributed by atoms with Gasteiger partial charge in [-0.1, -0.05) is 20.8 Å². The number of methoxy groups -OCH3 is 2. The highest BCUT2D eigenvalue weighted by Gasteiger charge is 2.44. The fourth-order valence-corrected chi connectivity index (χ4v) is 6.54. The van der Waals surface area contributed by atoms with Crippen molar-refractivity contribution in [3.8, 4) is 11.5 Å². The molecule has 184 valence electrons. The predicted octanol–water partition coefficient (Wildman–Crippen LogP) is 5.06. The number of ketones is 1. The van der Waals surface area contributed by atoms with Crippen LogP contribution >= 0.6 is 11.3 Å². The van der Waals surface area contributed by atoms with Crippen LogP contribution in [-0.2, 0) is 11.8 Å². The van der Waals surface area contributed by atoms with Gasteiger partial charge in [0, 0.05) is 52.3 Å². The van der Waals surface area contributed by atoms with Gasteiger partial charge in [-0.15, -0.1) is 11.3 Å². The summed E-state index contributed by atoms with van der Waals surface area (Å²) in [5, 5.41) is 2.62. The van der Waals surface area contributed by atoms with E-state index in [1.54, 1.807) is 44.0 Å². The van der Waals surface area contributed by atoms with Gasteiger partial charge in [-0.05, 0) is 36.8 Å². The molecule has 2 aromatic heterocycles. The Balaban J connectivity index is 1.36. The maximum absolute atomic E-state index is 13.5. The van der Waals surface area contributed by atoms with E-state index < -0.39 is 0 Å². The van der Waals surface area contributed by atoms with Gasteiger partial charge in [0.05, 0.1) is 25.4 Å². The van der Waals surface area contributed by atoms with Crippen LogP contribution in [0.3, 0.4) is 0 Å². The first kappa shape index (κ1) is 23.7. The van der Waals surface area contributed by atoms with Gasteiger partial charge in [-0.2, -0.15) is 0 Å². The summed E-state index contributed by atoms with van der Waals surface area (Å²) in [6, 6.07) is 3.63. The smallest absolute Gasteiger partial charge is 0.254 e. The number of Topliss-reactive ketones (excluding diaryl/α,β-unsaturated/α-hetero) is 1. The first-order chi connectivity index (χ1) is 16.6. The summed E-state index contributed by atoms with van der Waals surface area (Å²) in [5.74, 6) is 1.31.